The van der Waals surface area contributed by atoms with Crippen molar-refractivity contribution in [1.82, 2.24) is 0 Å². The number of aliphatic carboxylic acids is 1. The van der Waals surface area contributed by atoms with Crippen LogP contribution in [0, 0.1) is 11.3 Å². The van der Waals surface area contributed by atoms with Gasteiger partial charge >= 0.3 is 5.97 Å². The highest BCUT2D eigenvalue weighted by Crippen LogP contribution is 2.45. The molecule has 2 unspecified atom stereocenters. The van der Waals surface area contributed by atoms with Crippen LogP contribution in [0.5, 0.6) is 0 Å². The molecule has 0 aromatic heterocycles. The minimum Gasteiger partial charge on any atom is -0.481 e. The van der Waals surface area contributed by atoms with Crippen molar-refractivity contribution in [2.24, 2.45) is 11.3 Å². The van der Waals surface area contributed by atoms with Crippen molar-refractivity contribution >= 4 is 5.97 Å². The molecule has 2 atom stereocenters. The molecule has 0 spiro atoms. The van der Waals surface area contributed by atoms with E-state index in [1.165, 1.54) is 5.57 Å². The van der Waals surface area contributed by atoms with E-state index in [1.807, 2.05) is 12.2 Å². The van der Waals surface area contributed by atoms with Gasteiger partial charge in [-0.2, -0.15) is 0 Å². The molecule has 0 aromatic rings. The summed E-state index contributed by atoms with van der Waals surface area (Å²) in [6.07, 6.45) is 11.5. The Bertz CT molecular complexity index is 370. The number of unbranched alkanes of at least 4 members (excludes halogenated alkanes) is 1. The maximum absolute atomic E-state index is 11.9. The van der Waals surface area contributed by atoms with Gasteiger partial charge in [0.15, 0.2) is 0 Å². The van der Waals surface area contributed by atoms with Crippen LogP contribution in [0.1, 0.15) is 52.4 Å². The highest BCUT2D eigenvalue weighted by Gasteiger charge is 2.45. The highest BCUT2D eigenvalue weighted by molar-refractivity contribution is 5.79. The summed E-state index contributed by atoms with van der Waals surface area (Å²) in [5, 5.41) is 9.81. The van der Waals surface area contributed by atoms with Crippen LogP contribution in [0.3, 0.4) is 0 Å². The minimum atomic E-state index is -0.745. The van der Waals surface area contributed by atoms with Crippen LogP contribution in [-0.2, 0) is 9.53 Å². The number of hydrogen-bond donors (Lipinski definition) is 1. The Labute approximate surface area is 122 Å². The molecular weight excluding hydrogens is 252 g/mol. The normalized spacial score (nSPS) is 25.6. The molecule has 0 aromatic carbocycles. The predicted octanol–water partition coefficient (Wildman–Crippen LogP) is 4.20. The number of methoxy groups -OCH3 is 1. The van der Waals surface area contributed by atoms with Crippen molar-refractivity contribution in [2.45, 2.75) is 52.4 Å². The zero-order chi connectivity index (χ0) is 15.0. The molecule has 1 N–H and O–H groups in total. The first kappa shape index (κ1) is 17.0. The molecule has 0 bridgehead atoms. The van der Waals surface area contributed by atoms with Gasteiger partial charge in [-0.15, -0.1) is 0 Å². The molecule has 1 aliphatic rings. The summed E-state index contributed by atoms with van der Waals surface area (Å²) in [6.45, 7) is 4.83. The summed E-state index contributed by atoms with van der Waals surface area (Å²) in [4.78, 5) is 11.9. The maximum atomic E-state index is 11.9. The number of ether oxygens (including phenoxy) is 1. The zero-order valence-corrected chi connectivity index (χ0v) is 13.0. The average molecular weight is 280 g/mol. The summed E-state index contributed by atoms with van der Waals surface area (Å²) in [6, 6.07) is 0. The van der Waals surface area contributed by atoms with Gasteiger partial charge < -0.3 is 9.84 Å². The van der Waals surface area contributed by atoms with E-state index in [4.69, 9.17) is 4.74 Å². The fourth-order valence-electron chi connectivity index (χ4n) is 3.22. The summed E-state index contributed by atoms with van der Waals surface area (Å²) < 4.78 is 5.20. The molecule has 0 fully saturated rings. The fourth-order valence-corrected chi connectivity index (χ4v) is 3.22. The molecule has 0 radical (unpaired) electrons. The Hall–Kier alpha value is -1.09. The monoisotopic (exact) mass is 280 g/mol. The number of carbonyl (C=O) groups is 1. The van der Waals surface area contributed by atoms with Crippen molar-refractivity contribution in [1.29, 1.82) is 0 Å². The van der Waals surface area contributed by atoms with Crippen LogP contribution in [0.25, 0.3) is 0 Å². The molecule has 0 aliphatic heterocycles. The number of allylic oxidation sites excluding steroid dienone is 3. The van der Waals surface area contributed by atoms with Crippen LogP contribution < -0.4 is 0 Å². The van der Waals surface area contributed by atoms with Gasteiger partial charge in [0, 0.05) is 19.6 Å². The number of carboxylic acids is 1. The largest absolute Gasteiger partial charge is 0.481 e. The van der Waals surface area contributed by atoms with Crippen LogP contribution in [-0.4, -0.2) is 24.8 Å². The Morgan fingerprint density at radius 3 is 2.70 bits per heavy atom. The molecule has 1 aliphatic carbocycles. The first-order valence-electron chi connectivity index (χ1n) is 7.73. The predicted molar refractivity (Wildman–Crippen MR) is 81.7 cm³/mol. The van der Waals surface area contributed by atoms with E-state index in [9.17, 15) is 9.90 Å². The summed E-state index contributed by atoms with van der Waals surface area (Å²) in [5.74, 6) is -0.629. The van der Waals surface area contributed by atoms with Crippen LogP contribution >= 0.6 is 0 Å². The second kappa shape index (κ2) is 8.25. The van der Waals surface area contributed by atoms with Gasteiger partial charge in [-0.1, -0.05) is 50.5 Å². The maximum Gasteiger partial charge on any atom is 0.314 e. The third kappa shape index (κ3) is 3.72. The van der Waals surface area contributed by atoms with E-state index < -0.39 is 11.4 Å². The van der Waals surface area contributed by atoms with Gasteiger partial charge in [0.2, 0.25) is 0 Å². The van der Waals surface area contributed by atoms with E-state index >= 15 is 0 Å². The third-order valence-electron chi connectivity index (χ3n) is 4.26. The molecule has 0 saturated carbocycles. The van der Waals surface area contributed by atoms with Gasteiger partial charge in [0.1, 0.15) is 0 Å². The van der Waals surface area contributed by atoms with E-state index in [0.29, 0.717) is 13.0 Å². The molecule has 3 nitrogen and oxygen atoms in total. The first-order chi connectivity index (χ1) is 9.62. The van der Waals surface area contributed by atoms with E-state index in [-0.39, 0.29) is 5.92 Å². The number of hydrogen-bond acceptors (Lipinski definition) is 2. The van der Waals surface area contributed by atoms with E-state index in [2.05, 4.69) is 19.9 Å². The molecule has 1 rings (SSSR count). The second-order valence-corrected chi connectivity index (χ2v) is 5.63. The number of carboxylic acid groups (broad SMARTS) is 1. The SMILES string of the molecule is CCCCC1=CC=CC(CCC)(C(=O)O)C1CCOC. The van der Waals surface area contributed by atoms with Crippen LogP contribution in [0.2, 0.25) is 0 Å². The Morgan fingerprint density at radius 1 is 1.40 bits per heavy atom. The first-order valence-corrected chi connectivity index (χ1v) is 7.73. The molecule has 0 amide bonds. The molecule has 0 saturated heterocycles. The van der Waals surface area contributed by atoms with Crippen LogP contribution in [0.15, 0.2) is 23.8 Å². The van der Waals surface area contributed by atoms with Gasteiger partial charge in [0.25, 0.3) is 0 Å². The summed E-state index contributed by atoms with van der Waals surface area (Å²) in [5.41, 5.74) is 0.535. The third-order valence-corrected chi connectivity index (χ3v) is 4.26. The molecule has 114 valence electrons. The van der Waals surface area contributed by atoms with Crippen molar-refractivity contribution in [3.8, 4) is 0 Å². The average Bonchev–Trinajstić information content (AvgIpc) is 2.44. The van der Waals surface area contributed by atoms with Gasteiger partial charge in [-0.3, -0.25) is 4.79 Å². The van der Waals surface area contributed by atoms with Crippen molar-refractivity contribution in [3.05, 3.63) is 23.8 Å². The van der Waals surface area contributed by atoms with Gasteiger partial charge in [-0.25, -0.2) is 0 Å². The highest BCUT2D eigenvalue weighted by atomic mass is 16.5. The molecule has 20 heavy (non-hydrogen) atoms. The summed E-state index contributed by atoms with van der Waals surface area (Å²) >= 11 is 0. The standard InChI is InChI=1S/C17H28O3/c1-4-6-8-14-9-7-12-17(11-5-2,16(18)19)15(14)10-13-20-3/h7,9,12,15H,4-6,8,10-11,13H2,1-3H3,(H,18,19). The van der Waals surface area contributed by atoms with Crippen molar-refractivity contribution in [2.75, 3.05) is 13.7 Å². The summed E-state index contributed by atoms with van der Waals surface area (Å²) in [7, 11) is 1.68. The Balaban J connectivity index is 3.04. The van der Waals surface area contributed by atoms with Crippen molar-refractivity contribution < 1.29 is 14.6 Å². The van der Waals surface area contributed by atoms with E-state index in [1.54, 1.807) is 7.11 Å². The van der Waals surface area contributed by atoms with Gasteiger partial charge in [0.05, 0.1) is 5.41 Å². The molecule has 3 heteroatoms. The Morgan fingerprint density at radius 2 is 2.15 bits per heavy atom. The molecule has 0 heterocycles. The Kier molecular flexibility index (Phi) is 7.00. The lowest BCUT2D eigenvalue weighted by atomic mass is 9.64. The lowest BCUT2D eigenvalue weighted by Gasteiger charge is -2.38. The van der Waals surface area contributed by atoms with Crippen LogP contribution in [0.4, 0.5) is 0 Å². The number of rotatable bonds is 9. The van der Waals surface area contributed by atoms with E-state index in [0.717, 1.165) is 32.1 Å². The van der Waals surface area contributed by atoms with Crippen molar-refractivity contribution in [3.63, 3.8) is 0 Å². The molecular formula is C17H28O3. The lowest BCUT2D eigenvalue weighted by Crippen LogP contribution is -2.40. The zero-order valence-electron chi connectivity index (χ0n) is 13.0. The van der Waals surface area contributed by atoms with Gasteiger partial charge in [-0.05, 0) is 25.7 Å². The smallest absolute Gasteiger partial charge is 0.314 e. The minimum absolute atomic E-state index is 0.0662. The topological polar surface area (TPSA) is 46.5 Å². The second-order valence-electron chi connectivity index (χ2n) is 5.63. The lowest BCUT2D eigenvalue weighted by molar-refractivity contribution is -0.149. The fraction of sp³-hybridized carbons (Fsp3) is 0.706. The quantitative estimate of drug-likeness (QED) is 0.688.